The number of hydrogen-bond donors (Lipinski definition) is 4. The lowest BCUT2D eigenvalue weighted by Gasteiger charge is -2.40. The van der Waals surface area contributed by atoms with Crippen molar-refractivity contribution in [2.45, 2.75) is 25.9 Å². The molecule has 3 amide bonds. The summed E-state index contributed by atoms with van der Waals surface area (Å²) in [5, 5.41) is 5.04. The Kier molecular flexibility index (Phi) is 6.79. The molecule has 0 bridgehead atoms. The fourth-order valence-electron chi connectivity index (χ4n) is 4.21. The van der Waals surface area contributed by atoms with Crippen LogP contribution in [0.5, 0.6) is 5.88 Å². The highest BCUT2D eigenvalue weighted by molar-refractivity contribution is 6.03. The highest BCUT2D eigenvalue weighted by Crippen LogP contribution is 2.43. The van der Waals surface area contributed by atoms with Crippen molar-refractivity contribution in [2.75, 3.05) is 36.5 Å². The summed E-state index contributed by atoms with van der Waals surface area (Å²) in [5.74, 6) is -2.18. The maximum absolute atomic E-state index is 14.8. The van der Waals surface area contributed by atoms with Gasteiger partial charge in [-0.3, -0.25) is 4.79 Å². The molecular formula is C24H26F2N8O3. The molecule has 1 unspecified atom stereocenters. The molecule has 0 saturated carbocycles. The lowest BCUT2D eigenvalue weighted by Crippen LogP contribution is -2.54. The topological polar surface area (TPSA) is 161 Å². The number of amides is 3. The first-order valence-electron chi connectivity index (χ1n) is 11.4. The minimum atomic E-state index is -1.86. The van der Waals surface area contributed by atoms with Gasteiger partial charge >= 0.3 is 6.03 Å². The molecule has 0 aliphatic carbocycles. The van der Waals surface area contributed by atoms with E-state index in [1.165, 1.54) is 25.1 Å². The van der Waals surface area contributed by atoms with Gasteiger partial charge in [0.15, 0.2) is 0 Å². The molecular weight excluding hydrogens is 486 g/mol. The summed E-state index contributed by atoms with van der Waals surface area (Å²) in [4.78, 5) is 39.5. The lowest BCUT2D eigenvalue weighted by atomic mass is 9.91. The number of ether oxygens (including phenoxy) is 1. The molecule has 1 aliphatic rings. The van der Waals surface area contributed by atoms with E-state index in [-0.39, 0.29) is 42.0 Å². The minimum Gasteiger partial charge on any atom is -0.455 e. The van der Waals surface area contributed by atoms with E-state index in [0.717, 1.165) is 12.1 Å². The number of carbonyl (C=O) groups is 2. The second kappa shape index (κ2) is 9.84. The van der Waals surface area contributed by atoms with Crippen molar-refractivity contribution >= 4 is 29.4 Å². The molecule has 37 heavy (non-hydrogen) atoms. The van der Waals surface area contributed by atoms with Crippen molar-refractivity contribution in [1.29, 1.82) is 0 Å². The number of pyridine rings is 1. The Morgan fingerprint density at radius 2 is 1.97 bits per heavy atom. The number of fused-ring (bicyclic) bond motifs is 1. The molecule has 194 valence electrons. The van der Waals surface area contributed by atoms with Gasteiger partial charge in [0, 0.05) is 49.1 Å². The molecule has 3 heterocycles. The van der Waals surface area contributed by atoms with E-state index in [9.17, 15) is 18.4 Å². The first-order valence-corrected chi connectivity index (χ1v) is 11.4. The maximum atomic E-state index is 14.8. The molecule has 0 spiro atoms. The average Bonchev–Trinajstić information content (AvgIpc) is 2.85. The highest BCUT2D eigenvalue weighted by atomic mass is 19.1. The summed E-state index contributed by atoms with van der Waals surface area (Å²) in [5.41, 5.74) is 11.7. The van der Waals surface area contributed by atoms with Gasteiger partial charge in [-0.05, 0) is 31.5 Å². The highest BCUT2D eigenvalue weighted by Gasteiger charge is 2.48. The van der Waals surface area contributed by atoms with Crippen molar-refractivity contribution in [1.82, 2.24) is 25.6 Å². The lowest BCUT2D eigenvalue weighted by molar-refractivity contribution is -0.135. The summed E-state index contributed by atoms with van der Waals surface area (Å²) in [7, 11) is 1.46. The molecule has 3 aromatic rings. The van der Waals surface area contributed by atoms with E-state index in [1.807, 2.05) is 6.92 Å². The molecule has 0 fully saturated rings. The van der Waals surface area contributed by atoms with Crippen LogP contribution >= 0.6 is 0 Å². The summed E-state index contributed by atoms with van der Waals surface area (Å²) < 4.78 is 34.3. The zero-order valence-corrected chi connectivity index (χ0v) is 20.4. The smallest absolute Gasteiger partial charge is 0.314 e. The van der Waals surface area contributed by atoms with Gasteiger partial charge in [-0.1, -0.05) is 6.92 Å². The molecule has 0 saturated heterocycles. The van der Waals surface area contributed by atoms with Gasteiger partial charge in [-0.2, -0.15) is 4.98 Å². The molecule has 4 rings (SSSR count). The van der Waals surface area contributed by atoms with Gasteiger partial charge in [0.1, 0.15) is 23.1 Å². The van der Waals surface area contributed by atoms with Crippen LogP contribution in [0.3, 0.4) is 0 Å². The Balaban J connectivity index is 1.83. The molecule has 0 radical (unpaired) electrons. The second-order valence-corrected chi connectivity index (χ2v) is 8.41. The van der Waals surface area contributed by atoms with Crippen LogP contribution in [-0.2, 0) is 16.8 Å². The van der Waals surface area contributed by atoms with Gasteiger partial charge in [0.2, 0.25) is 17.4 Å². The first-order chi connectivity index (χ1) is 17.6. The fourth-order valence-corrected chi connectivity index (χ4v) is 4.21. The van der Waals surface area contributed by atoms with Crippen molar-refractivity contribution in [3.8, 4) is 17.0 Å². The van der Waals surface area contributed by atoms with Gasteiger partial charge < -0.3 is 31.7 Å². The van der Waals surface area contributed by atoms with Gasteiger partial charge in [-0.15, -0.1) is 0 Å². The van der Waals surface area contributed by atoms with Crippen molar-refractivity contribution < 1.29 is 23.1 Å². The Bertz CT molecular complexity index is 1390. The Labute approximate surface area is 211 Å². The Morgan fingerprint density at radius 1 is 1.22 bits per heavy atom. The molecule has 1 aromatic carbocycles. The van der Waals surface area contributed by atoms with Crippen LogP contribution in [0.15, 0.2) is 30.5 Å². The SMILES string of the molecule is CCc1nc(N)nc(N)c1-c1cnc2c(c1)N(CCNC(=O)NC)C(=O)C(C)(c1ccc(F)cc1F)O2. The van der Waals surface area contributed by atoms with Crippen LogP contribution in [-0.4, -0.2) is 47.0 Å². The Hall–Kier alpha value is -4.55. The minimum absolute atomic E-state index is 0.000501. The number of aromatic nitrogens is 3. The van der Waals surface area contributed by atoms with Gasteiger partial charge in [-0.25, -0.2) is 23.5 Å². The molecule has 1 aliphatic heterocycles. The number of nitrogens with one attached hydrogen (secondary N) is 2. The maximum Gasteiger partial charge on any atom is 0.314 e. The number of rotatable bonds is 6. The van der Waals surface area contributed by atoms with Crippen LogP contribution in [0.25, 0.3) is 11.1 Å². The van der Waals surface area contributed by atoms with E-state index < -0.39 is 29.2 Å². The van der Waals surface area contributed by atoms with E-state index >= 15 is 0 Å². The number of nitrogen functional groups attached to an aromatic ring is 2. The predicted octanol–water partition coefficient (Wildman–Crippen LogP) is 2.11. The third kappa shape index (κ3) is 4.67. The third-order valence-corrected chi connectivity index (χ3v) is 6.02. The Morgan fingerprint density at radius 3 is 2.65 bits per heavy atom. The summed E-state index contributed by atoms with van der Waals surface area (Å²) in [6.45, 7) is 3.32. The van der Waals surface area contributed by atoms with Crippen LogP contribution < -0.4 is 31.7 Å². The quantitative estimate of drug-likeness (QED) is 0.390. The van der Waals surface area contributed by atoms with Gasteiger partial charge in [0.25, 0.3) is 5.91 Å². The number of carbonyl (C=O) groups excluding carboxylic acids is 2. The van der Waals surface area contributed by atoms with E-state index in [2.05, 4.69) is 25.6 Å². The van der Waals surface area contributed by atoms with Crippen molar-refractivity contribution in [3.05, 3.63) is 53.4 Å². The summed E-state index contributed by atoms with van der Waals surface area (Å²) in [6.07, 6.45) is 1.97. The zero-order chi connectivity index (χ0) is 26.9. The van der Waals surface area contributed by atoms with Crippen LogP contribution in [0, 0.1) is 11.6 Å². The number of halogens is 2. The standard InChI is InChI=1S/C24H26F2N8O3/c1-4-16-18(19(27)33-22(28)32-16)12-9-17-20(31-11-12)37-24(2,14-6-5-13(25)10-15(14)26)21(35)34(17)8-7-30-23(36)29-3/h5-6,9-11H,4,7-8H2,1-3H3,(H2,29,30,36)(H4,27,28,32,33). The molecule has 11 nitrogen and oxygen atoms in total. The van der Waals surface area contributed by atoms with Crippen molar-refractivity contribution in [3.63, 3.8) is 0 Å². The average molecular weight is 513 g/mol. The van der Waals surface area contributed by atoms with E-state index in [4.69, 9.17) is 16.2 Å². The van der Waals surface area contributed by atoms with Crippen molar-refractivity contribution in [2.24, 2.45) is 0 Å². The third-order valence-electron chi connectivity index (χ3n) is 6.02. The first kappa shape index (κ1) is 25.5. The number of urea groups is 1. The number of hydrogen-bond acceptors (Lipinski definition) is 8. The summed E-state index contributed by atoms with van der Waals surface area (Å²) in [6, 6.07) is 4.06. The normalized spacial score (nSPS) is 16.7. The predicted molar refractivity (Wildman–Crippen MR) is 133 cm³/mol. The fraction of sp³-hybridized carbons (Fsp3) is 0.292. The molecule has 13 heteroatoms. The van der Waals surface area contributed by atoms with E-state index in [1.54, 1.807) is 6.07 Å². The number of benzene rings is 1. The number of nitrogens with two attached hydrogens (primary N) is 2. The van der Waals surface area contributed by atoms with Crippen LogP contribution in [0.4, 0.5) is 31.0 Å². The van der Waals surface area contributed by atoms with Crippen LogP contribution in [0.1, 0.15) is 25.1 Å². The number of nitrogens with zero attached hydrogens (tertiary/aromatic N) is 4. The summed E-state index contributed by atoms with van der Waals surface area (Å²) >= 11 is 0. The van der Waals surface area contributed by atoms with Gasteiger partial charge in [0.05, 0.1) is 5.69 Å². The zero-order valence-electron chi connectivity index (χ0n) is 20.4. The molecule has 1 atom stereocenters. The second-order valence-electron chi connectivity index (χ2n) is 8.41. The largest absolute Gasteiger partial charge is 0.455 e. The van der Waals surface area contributed by atoms with E-state index in [0.29, 0.717) is 29.3 Å². The number of aryl methyl sites for hydroxylation is 1. The monoisotopic (exact) mass is 512 g/mol. The molecule has 2 aromatic heterocycles. The van der Waals surface area contributed by atoms with Crippen LogP contribution in [0.2, 0.25) is 0 Å². The molecule has 6 N–H and O–H groups in total. The number of anilines is 3.